The zero-order chi connectivity index (χ0) is 17.4. The molecule has 0 saturated heterocycles. The smallest absolute Gasteiger partial charge is 0.150 e. The second-order valence-electron chi connectivity index (χ2n) is 5.77. The van der Waals surface area contributed by atoms with Crippen molar-refractivity contribution in [3.05, 3.63) is 89.3 Å². The fourth-order valence-electron chi connectivity index (χ4n) is 3.03. The second-order valence-corrected chi connectivity index (χ2v) is 6.17. The average molecular weight is 350 g/mol. The lowest BCUT2D eigenvalue weighted by molar-refractivity contribution is 0.112. The van der Waals surface area contributed by atoms with Crippen LogP contribution in [0, 0.1) is 5.82 Å². The summed E-state index contributed by atoms with van der Waals surface area (Å²) in [4.78, 5) is 11.2. The molecule has 1 heterocycles. The predicted octanol–water partition coefficient (Wildman–Crippen LogP) is 5.90. The van der Waals surface area contributed by atoms with Gasteiger partial charge in [-0.3, -0.25) is 4.79 Å². The number of nitrogens with zero attached hydrogens (tertiary/aromatic N) is 1. The number of hydrogen-bond acceptors (Lipinski definition) is 1. The zero-order valence-corrected chi connectivity index (χ0v) is 13.9. The van der Waals surface area contributed by atoms with Gasteiger partial charge < -0.3 is 4.57 Å². The van der Waals surface area contributed by atoms with Crippen molar-refractivity contribution in [1.29, 1.82) is 0 Å². The van der Waals surface area contributed by atoms with E-state index >= 15 is 0 Å². The Bertz CT molecular complexity index is 1080. The van der Waals surface area contributed by atoms with Crippen molar-refractivity contribution in [2.24, 2.45) is 0 Å². The molecule has 0 atom stereocenters. The topological polar surface area (TPSA) is 22.0 Å². The minimum atomic E-state index is -0.285. The molecule has 0 N–H and O–H groups in total. The van der Waals surface area contributed by atoms with Crippen molar-refractivity contribution in [1.82, 2.24) is 4.57 Å². The second kappa shape index (κ2) is 6.19. The van der Waals surface area contributed by atoms with Crippen molar-refractivity contribution < 1.29 is 9.18 Å². The van der Waals surface area contributed by atoms with Gasteiger partial charge in [0.2, 0.25) is 0 Å². The number of aldehydes is 1. The minimum absolute atomic E-state index is 0.285. The molecule has 0 aliphatic heterocycles. The van der Waals surface area contributed by atoms with Gasteiger partial charge in [0.05, 0.1) is 16.2 Å². The maximum absolute atomic E-state index is 13.3. The summed E-state index contributed by atoms with van der Waals surface area (Å²) in [5.41, 5.74) is 4.16. The maximum Gasteiger partial charge on any atom is 0.150 e. The van der Waals surface area contributed by atoms with Crippen LogP contribution in [0.2, 0.25) is 5.02 Å². The van der Waals surface area contributed by atoms with E-state index in [1.54, 1.807) is 18.2 Å². The highest BCUT2D eigenvalue weighted by Gasteiger charge is 2.14. The first-order chi connectivity index (χ1) is 12.2. The monoisotopic (exact) mass is 349 g/mol. The standard InChI is InChI=1S/C21H13ClFNO/c22-19-3-1-2-4-21(19)24-12-18(15-6-8-16(23)9-7-15)17-11-14(13-25)5-10-20(17)24/h1-13H. The summed E-state index contributed by atoms with van der Waals surface area (Å²) in [6, 6.07) is 19.4. The van der Waals surface area contributed by atoms with Crippen molar-refractivity contribution in [2.45, 2.75) is 0 Å². The van der Waals surface area contributed by atoms with Gasteiger partial charge in [0.1, 0.15) is 12.1 Å². The van der Waals surface area contributed by atoms with E-state index in [-0.39, 0.29) is 5.82 Å². The van der Waals surface area contributed by atoms with Crippen LogP contribution in [0.3, 0.4) is 0 Å². The average Bonchev–Trinajstić information content (AvgIpc) is 3.01. The molecule has 0 fully saturated rings. The molecule has 0 amide bonds. The molecule has 0 spiro atoms. The number of fused-ring (bicyclic) bond motifs is 1. The first-order valence-corrected chi connectivity index (χ1v) is 8.16. The molecule has 4 aromatic rings. The molecule has 0 aliphatic rings. The van der Waals surface area contributed by atoms with Crippen LogP contribution < -0.4 is 0 Å². The molecule has 2 nitrogen and oxygen atoms in total. The number of rotatable bonds is 3. The molecule has 1 aromatic heterocycles. The number of para-hydroxylation sites is 1. The van der Waals surface area contributed by atoms with Crippen LogP contribution in [0.5, 0.6) is 0 Å². The molecular formula is C21H13ClFNO. The number of hydrogen-bond donors (Lipinski definition) is 0. The van der Waals surface area contributed by atoms with Gasteiger partial charge in [-0.2, -0.15) is 0 Å². The maximum atomic E-state index is 13.3. The van der Waals surface area contributed by atoms with Crippen LogP contribution in [-0.4, -0.2) is 10.9 Å². The van der Waals surface area contributed by atoms with E-state index in [9.17, 15) is 9.18 Å². The third-order valence-corrected chi connectivity index (χ3v) is 4.55. The molecule has 4 heteroatoms. The first-order valence-electron chi connectivity index (χ1n) is 7.78. The van der Waals surface area contributed by atoms with Gasteiger partial charge in [-0.25, -0.2) is 4.39 Å². The molecule has 0 unspecified atom stereocenters. The Kier molecular flexibility index (Phi) is 3.86. The normalized spacial score (nSPS) is 11.0. The van der Waals surface area contributed by atoms with Crippen molar-refractivity contribution >= 4 is 28.8 Å². The van der Waals surface area contributed by atoms with Crippen LogP contribution in [0.4, 0.5) is 4.39 Å². The SMILES string of the molecule is O=Cc1ccc2c(c1)c(-c1ccc(F)cc1)cn2-c1ccccc1Cl. The molecule has 122 valence electrons. The van der Waals surface area contributed by atoms with Gasteiger partial charge in [0, 0.05) is 22.7 Å². The first kappa shape index (κ1) is 15.6. The van der Waals surface area contributed by atoms with E-state index in [1.165, 1.54) is 12.1 Å². The summed E-state index contributed by atoms with van der Waals surface area (Å²) in [6.07, 6.45) is 2.79. The van der Waals surface area contributed by atoms with Crippen molar-refractivity contribution in [2.75, 3.05) is 0 Å². The van der Waals surface area contributed by atoms with Gasteiger partial charge in [-0.15, -0.1) is 0 Å². The summed E-state index contributed by atoms with van der Waals surface area (Å²) in [5, 5.41) is 1.54. The number of carbonyl (C=O) groups excluding carboxylic acids is 1. The molecule has 0 radical (unpaired) electrons. The van der Waals surface area contributed by atoms with Gasteiger partial charge in [-0.05, 0) is 48.0 Å². The van der Waals surface area contributed by atoms with E-state index < -0.39 is 0 Å². The Morgan fingerprint density at radius 2 is 1.72 bits per heavy atom. The van der Waals surface area contributed by atoms with E-state index in [4.69, 9.17) is 11.6 Å². The summed E-state index contributed by atoms with van der Waals surface area (Å²) < 4.78 is 15.3. The molecule has 25 heavy (non-hydrogen) atoms. The van der Waals surface area contributed by atoms with Crippen LogP contribution in [-0.2, 0) is 0 Å². The minimum Gasteiger partial charge on any atom is -0.314 e. The van der Waals surface area contributed by atoms with Crippen LogP contribution >= 0.6 is 11.6 Å². The van der Waals surface area contributed by atoms with Gasteiger partial charge in [-0.1, -0.05) is 35.9 Å². The van der Waals surface area contributed by atoms with Gasteiger partial charge in [0.15, 0.2) is 0 Å². The molecule has 0 aliphatic carbocycles. The van der Waals surface area contributed by atoms with Crippen LogP contribution in [0.1, 0.15) is 10.4 Å². The number of aromatic nitrogens is 1. The third-order valence-electron chi connectivity index (χ3n) is 4.23. The highest BCUT2D eigenvalue weighted by Crippen LogP contribution is 2.34. The van der Waals surface area contributed by atoms with Gasteiger partial charge >= 0.3 is 0 Å². The largest absolute Gasteiger partial charge is 0.314 e. The van der Waals surface area contributed by atoms with E-state index in [0.29, 0.717) is 10.6 Å². The van der Waals surface area contributed by atoms with Crippen molar-refractivity contribution in [3.63, 3.8) is 0 Å². The highest BCUT2D eigenvalue weighted by atomic mass is 35.5. The summed E-state index contributed by atoms with van der Waals surface area (Å²) in [5.74, 6) is -0.285. The molecule has 4 rings (SSSR count). The summed E-state index contributed by atoms with van der Waals surface area (Å²) in [6.45, 7) is 0. The Hall–Kier alpha value is -2.91. The van der Waals surface area contributed by atoms with Crippen molar-refractivity contribution in [3.8, 4) is 16.8 Å². The van der Waals surface area contributed by atoms with Crippen LogP contribution in [0.15, 0.2) is 72.9 Å². The summed E-state index contributed by atoms with van der Waals surface area (Å²) in [7, 11) is 0. The Morgan fingerprint density at radius 1 is 0.960 bits per heavy atom. The number of carbonyl (C=O) groups is 1. The van der Waals surface area contributed by atoms with E-state index in [2.05, 4.69) is 0 Å². The lowest BCUT2D eigenvalue weighted by Gasteiger charge is -2.07. The highest BCUT2D eigenvalue weighted by molar-refractivity contribution is 6.32. The Morgan fingerprint density at radius 3 is 2.44 bits per heavy atom. The quantitative estimate of drug-likeness (QED) is 0.422. The Labute approximate surface area is 149 Å². The number of halogens is 2. The molecule has 0 bridgehead atoms. The Balaban J connectivity index is 2.04. The molecular weight excluding hydrogens is 337 g/mol. The summed E-state index contributed by atoms with van der Waals surface area (Å²) >= 11 is 6.37. The van der Waals surface area contributed by atoms with Gasteiger partial charge in [0.25, 0.3) is 0 Å². The predicted molar refractivity (Wildman–Crippen MR) is 99.1 cm³/mol. The number of benzene rings is 3. The van der Waals surface area contributed by atoms with Crippen LogP contribution in [0.25, 0.3) is 27.7 Å². The fraction of sp³-hybridized carbons (Fsp3) is 0. The lowest BCUT2D eigenvalue weighted by atomic mass is 10.0. The van der Waals surface area contributed by atoms with E-state index in [1.807, 2.05) is 47.2 Å². The fourth-order valence-corrected chi connectivity index (χ4v) is 3.25. The molecule has 3 aromatic carbocycles. The third kappa shape index (κ3) is 2.73. The van der Waals surface area contributed by atoms with E-state index in [0.717, 1.165) is 34.0 Å². The zero-order valence-electron chi connectivity index (χ0n) is 13.1. The lowest BCUT2D eigenvalue weighted by Crippen LogP contribution is -1.92. The molecule has 0 saturated carbocycles.